The lowest BCUT2D eigenvalue weighted by Crippen LogP contribution is -2.30. The minimum Gasteiger partial charge on any atom is -0.207 e. The summed E-state index contributed by atoms with van der Waals surface area (Å²) in [6, 6.07) is 10.2. The predicted molar refractivity (Wildman–Crippen MR) is 88.8 cm³/mol. The van der Waals surface area contributed by atoms with Gasteiger partial charge in [-0.25, -0.2) is 8.42 Å². The molecule has 2 aromatic rings. The molecule has 1 saturated heterocycles. The Morgan fingerprint density at radius 2 is 1.60 bits per heavy atom. The fraction of sp³-hybridized carbons (Fsp3) is 0.294. The van der Waals surface area contributed by atoms with Gasteiger partial charge in [0.25, 0.3) is 0 Å². The summed E-state index contributed by atoms with van der Waals surface area (Å²) in [7, 11) is -3.88. The van der Waals surface area contributed by atoms with Crippen LogP contribution in [0, 0.1) is 0 Å². The quantitative estimate of drug-likeness (QED) is 0.749. The Morgan fingerprint density at radius 1 is 1.00 bits per heavy atom. The normalized spacial score (nSPS) is 19.3. The van der Waals surface area contributed by atoms with E-state index in [-0.39, 0.29) is 10.9 Å². The van der Waals surface area contributed by atoms with Gasteiger partial charge in [0.05, 0.1) is 16.5 Å². The van der Waals surface area contributed by atoms with Gasteiger partial charge in [0.2, 0.25) is 10.0 Å². The Bertz CT molecular complexity index is 849. The third kappa shape index (κ3) is 3.68. The van der Waals surface area contributed by atoms with E-state index >= 15 is 0 Å². The van der Waals surface area contributed by atoms with Crippen molar-refractivity contribution in [3.8, 4) is 0 Å². The van der Waals surface area contributed by atoms with Crippen molar-refractivity contribution in [2.75, 3.05) is 6.54 Å². The van der Waals surface area contributed by atoms with E-state index in [2.05, 4.69) is 0 Å². The molecular weight excluding hydrogens is 375 g/mol. The van der Waals surface area contributed by atoms with Gasteiger partial charge >= 0.3 is 6.18 Å². The average Bonchev–Trinajstić information content (AvgIpc) is 3.05. The summed E-state index contributed by atoms with van der Waals surface area (Å²) >= 11 is 5.87. The Hall–Kier alpha value is -1.57. The van der Waals surface area contributed by atoms with E-state index in [9.17, 15) is 21.6 Å². The van der Waals surface area contributed by atoms with Crippen molar-refractivity contribution in [3.63, 3.8) is 0 Å². The van der Waals surface area contributed by atoms with Crippen LogP contribution >= 0.6 is 11.6 Å². The van der Waals surface area contributed by atoms with Crippen molar-refractivity contribution in [3.05, 3.63) is 64.7 Å². The highest BCUT2D eigenvalue weighted by molar-refractivity contribution is 7.89. The Labute approximate surface area is 149 Å². The molecule has 134 valence electrons. The molecular formula is C17H15ClF3NO2S. The average molecular weight is 390 g/mol. The molecule has 3 nitrogen and oxygen atoms in total. The molecule has 0 amide bonds. The lowest BCUT2D eigenvalue weighted by Gasteiger charge is -2.24. The predicted octanol–water partition coefficient (Wildman–Crippen LogP) is 4.88. The molecule has 25 heavy (non-hydrogen) atoms. The smallest absolute Gasteiger partial charge is 0.207 e. The second-order valence-corrected chi connectivity index (χ2v) is 8.17. The zero-order valence-electron chi connectivity index (χ0n) is 13.0. The van der Waals surface area contributed by atoms with Crippen LogP contribution in [0.2, 0.25) is 5.02 Å². The Kier molecular flexibility index (Phi) is 4.83. The summed E-state index contributed by atoms with van der Waals surface area (Å²) in [5.74, 6) is 0. The third-order valence-electron chi connectivity index (χ3n) is 4.25. The minimum atomic E-state index is -4.50. The molecule has 0 bridgehead atoms. The first-order valence-electron chi connectivity index (χ1n) is 7.64. The minimum absolute atomic E-state index is 0.138. The van der Waals surface area contributed by atoms with Gasteiger partial charge in [-0.1, -0.05) is 23.7 Å². The van der Waals surface area contributed by atoms with Gasteiger partial charge in [0, 0.05) is 11.6 Å². The topological polar surface area (TPSA) is 37.4 Å². The lowest BCUT2D eigenvalue weighted by atomic mass is 10.1. The number of sulfonamides is 1. The van der Waals surface area contributed by atoms with E-state index in [4.69, 9.17) is 11.6 Å². The lowest BCUT2D eigenvalue weighted by molar-refractivity contribution is -0.137. The number of hydrogen-bond donors (Lipinski definition) is 0. The van der Waals surface area contributed by atoms with Gasteiger partial charge in [0.1, 0.15) is 0 Å². The van der Waals surface area contributed by atoms with E-state index in [1.807, 2.05) is 0 Å². The first kappa shape index (κ1) is 18.2. The highest BCUT2D eigenvalue weighted by Crippen LogP contribution is 2.37. The highest BCUT2D eigenvalue weighted by atomic mass is 35.5. The summed E-state index contributed by atoms with van der Waals surface area (Å²) < 4.78 is 65.1. The fourth-order valence-corrected chi connectivity index (χ4v) is 4.81. The van der Waals surface area contributed by atoms with E-state index in [1.54, 1.807) is 24.3 Å². The van der Waals surface area contributed by atoms with Crippen molar-refractivity contribution >= 4 is 21.6 Å². The van der Waals surface area contributed by atoms with Gasteiger partial charge in [-0.3, -0.25) is 0 Å². The zero-order valence-corrected chi connectivity index (χ0v) is 14.6. The molecule has 1 aliphatic rings. The van der Waals surface area contributed by atoms with Crippen LogP contribution in [0.15, 0.2) is 53.4 Å². The van der Waals surface area contributed by atoms with E-state index < -0.39 is 21.8 Å². The monoisotopic (exact) mass is 389 g/mol. The third-order valence-corrected chi connectivity index (χ3v) is 6.42. The zero-order chi connectivity index (χ0) is 18.2. The molecule has 1 fully saturated rings. The maximum atomic E-state index is 12.9. The molecule has 1 aliphatic heterocycles. The number of halogens is 4. The molecule has 0 radical (unpaired) electrons. The maximum absolute atomic E-state index is 12.9. The molecule has 0 saturated carbocycles. The number of nitrogens with zero attached hydrogens (tertiary/aromatic N) is 1. The maximum Gasteiger partial charge on any atom is 0.416 e. The summed E-state index contributed by atoms with van der Waals surface area (Å²) in [6.07, 6.45) is -3.16. The fourth-order valence-electron chi connectivity index (χ4n) is 3.00. The second-order valence-electron chi connectivity index (χ2n) is 5.85. The molecule has 0 aromatic heterocycles. The Balaban J connectivity index is 1.92. The van der Waals surface area contributed by atoms with Crippen molar-refractivity contribution in [2.24, 2.45) is 0 Å². The van der Waals surface area contributed by atoms with E-state index in [1.165, 1.54) is 4.31 Å². The summed E-state index contributed by atoms with van der Waals surface area (Å²) in [5.41, 5.74) is -0.0560. The summed E-state index contributed by atoms with van der Waals surface area (Å²) in [4.78, 5) is -0.138. The van der Waals surface area contributed by atoms with Gasteiger partial charge in [-0.2, -0.15) is 17.5 Å². The van der Waals surface area contributed by atoms with Gasteiger partial charge in [0.15, 0.2) is 0 Å². The summed E-state index contributed by atoms with van der Waals surface area (Å²) in [5, 5.41) is 0.555. The number of hydrogen-bond acceptors (Lipinski definition) is 2. The van der Waals surface area contributed by atoms with Crippen LogP contribution in [0.25, 0.3) is 0 Å². The van der Waals surface area contributed by atoms with E-state index in [0.29, 0.717) is 24.4 Å². The standard InChI is InChI=1S/C17H15ClF3NO2S/c18-14-7-3-12(4-8-14)16-2-1-11-22(16)25(23,24)15-9-5-13(6-10-15)17(19,20)21/h3-10,16H,1-2,11H2. The van der Waals surface area contributed by atoms with Crippen molar-refractivity contribution in [1.82, 2.24) is 4.31 Å². The van der Waals surface area contributed by atoms with Crippen LogP contribution in [-0.2, 0) is 16.2 Å². The van der Waals surface area contributed by atoms with Gasteiger partial charge < -0.3 is 0 Å². The molecule has 1 unspecified atom stereocenters. The van der Waals surface area contributed by atoms with Crippen LogP contribution in [0.5, 0.6) is 0 Å². The van der Waals surface area contributed by atoms with Crippen LogP contribution in [0.4, 0.5) is 13.2 Å². The van der Waals surface area contributed by atoms with Crippen molar-refractivity contribution < 1.29 is 21.6 Å². The highest BCUT2D eigenvalue weighted by Gasteiger charge is 2.37. The largest absolute Gasteiger partial charge is 0.416 e. The second kappa shape index (κ2) is 6.63. The number of benzene rings is 2. The molecule has 1 heterocycles. The number of alkyl halides is 3. The van der Waals surface area contributed by atoms with Crippen LogP contribution in [0.1, 0.15) is 30.0 Å². The van der Waals surface area contributed by atoms with Gasteiger partial charge in [-0.15, -0.1) is 0 Å². The first-order chi connectivity index (χ1) is 11.7. The summed E-state index contributed by atoms with van der Waals surface area (Å²) in [6.45, 7) is 0.330. The molecule has 0 aliphatic carbocycles. The molecule has 1 atom stereocenters. The molecule has 2 aromatic carbocycles. The SMILES string of the molecule is O=S(=O)(c1ccc(C(F)(F)F)cc1)N1CCCC1c1ccc(Cl)cc1. The van der Waals surface area contributed by atoms with Crippen LogP contribution < -0.4 is 0 Å². The number of rotatable bonds is 3. The van der Waals surface area contributed by atoms with Crippen molar-refractivity contribution in [1.29, 1.82) is 0 Å². The van der Waals surface area contributed by atoms with E-state index in [0.717, 1.165) is 29.8 Å². The van der Waals surface area contributed by atoms with Crippen LogP contribution in [-0.4, -0.2) is 19.3 Å². The van der Waals surface area contributed by atoms with Crippen molar-refractivity contribution in [2.45, 2.75) is 30.0 Å². The van der Waals surface area contributed by atoms with Gasteiger partial charge in [-0.05, 0) is 54.8 Å². The molecule has 8 heteroatoms. The molecule has 0 N–H and O–H groups in total. The molecule has 3 rings (SSSR count). The van der Waals surface area contributed by atoms with Crippen LogP contribution in [0.3, 0.4) is 0 Å². The molecule has 0 spiro atoms. The Morgan fingerprint density at radius 3 is 2.16 bits per heavy atom. The first-order valence-corrected chi connectivity index (χ1v) is 9.46.